The second-order valence-corrected chi connectivity index (χ2v) is 4.92. The lowest BCUT2D eigenvalue weighted by molar-refractivity contribution is 0.0956. The van der Waals surface area contributed by atoms with Crippen molar-refractivity contribution in [3.63, 3.8) is 0 Å². The average molecular weight is 265 g/mol. The number of benzene rings is 1. The van der Waals surface area contributed by atoms with Crippen LogP contribution < -0.4 is 5.43 Å². The van der Waals surface area contributed by atoms with Crippen molar-refractivity contribution >= 4 is 22.5 Å². The lowest BCUT2D eigenvalue weighted by atomic mass is 10.1. The Bertz CT molecular complexity index is 726. The molecule has 100 valence electrons. The molecule has 1 aromatic carbocycles. The Balaban J connectivity index is 1.86. The molecule has 1 aliphatic carbocycles. The molecule has 1 amide bonds. The summed E-state index contributed by atoms with van der Waals surface area (Å²) in [6.45, 7) is 2.07. The van der Waals surface area contributed by atoms with Gasteiger partial charge in [0.1, 0.15) is 0 Å². The van der Waals surface area contributed by atoms with Crippen molar-refractivity contribution in [3.05, 3.63) is 53.7 Å². The predicted octanol–water partition coefficient (Wildman–Crippen LogP) is 3.06. The second-order valence-electron chi connectivity index (χ2n) is 4.92. The number of carbonyl (C=O) groups is 1. The zero-order valence-corrected chi connectivity index (χ0v) is 11.3. The topological polar surface area (TPSA) is 54.4 Å². The summed E-state index contributed by atoms with van der Waals surface area (Å²) < 4.78 is 0. The molecule has 20 heavy (non-hydrogen) atoms. The van der Waals surface area contributed by atoms with Crippen molar-refractivity contribution in [2.75, 3.05) is 0 Å². The molecule has 0 aliphatic heterocycles. The minimum atomic E-state index is -0.222. The van der Waals surface area contributed by atoms with E-state index in [0.29, 0.717) is 11.1 Å². The van der Waals surface area contributed by atoms with Gasteiger partial charge in [-0.25, -0.2) is 5.43 Å². The standard InChI is InChI=1S/C16H15N3O/c1-11-7-8-13(10-11)18-19-16(20)14-6-2-4-12-5-3-9-17-15(12)14/h2-6,9-10H,7-8H2,1H3,(H,19,20)/b18-13-. The first-order chi connectivity index (χ1) is 9.74. The summed E-state index contributed by atoms with van der Waals surface area (Å²) in [7, 11) is 0. The molecule has 0 spiro atoms. The number of rotatable bonds is 2. The molecule has 0 saturated carbocycles. The number of nitrogens with one attached hydrogen (secondary N) is 1. The lowest BCUT2D eigenvalue weighted by Gasteiger charge is -2.04. The fourth-order valence-electron chi connectivity index (χ4n) is 2.31. The summed E-state index contributed by atoms with van der Waals surface area (Å²) in [6.07, 6.45) is 5.61. The molecule has 3 rings (SSSR count). The smallest absolute Gasteiger partial charge is 0.267 e. The number of allylic oxidation sites excluding steroid dienone is 2. The zero-order valence-electron chi connectivity index (χ0n) is 11.3. The van der Waals surface area contributed by atoms with Crippen molar-refractivity contribution in [3.8, 4) is 0 Å². The summed E-state index contributed by atoms with van der Waals surface area (Å²) in [5.41, 5.74) is 6.08. The summed E-state index contributed by atoms with van der Waals surface area (Å²) in [5, 5.41) is 5.12. The largest absolute Gasteiger partial charge is 0.273 e. The minimum absolute atomic E-state index is 0.222. The molecule has 1 N–H and O–H groups in total. The van der Waals surface area contributed by atoms with E-state index in [0.717, 1.165) is 23.9 Å². The van der Waals surface area contributed by atoms with E-state index in [-0.39, 0.29) is 5.91 Å². The van der Waals surface area contributed by atoms with E-state index in [9.17, 15) is 4.79 Å². The quantitative estimate of drug-likeness (QED) is 0.848. The van der Waals surface area contributed by atoms with E-state index >= 15 is 0 Å². The molecule has 1 aliphatic rings. The van der Waals surface area contributed by atoms with Gasteiger partial charge in [-0.1, -0.05) is 23.8 Å². The fraction of sp³-hybridized carbons (Fsp3) is 0.188. The van der Waals surface area contributed by atoms with Crippen LogP contribution in [0.4, 0.5) is 0 Å². The van der Waals surface area contributed by atoms with Crippen LogP contribution in [0.5, 0.6) is 0 Å². The first-order valence-corrected chi connectivity index (χ1v) is 6.62. The van der Waals surface area contributed by atoms with Crippen LogP contribution in [0.25, 0.3) is 10.9 Å². The van der Waals surface area contributed by atoms with Crippen molar-refractivity contribution < 1.29 is 4.79 Å². The molecule has 1 heterocycles. The van der Waals surface area contributed by atoms with E-state index in [1.165, 1.54) is 5.57 Å². The normalized spacial score (nSPS) is 16.4. The van der Waals surface area contributed by atoms with Gasteiger partial charge in [-0.3, -0.25) is 9.78 Å². The Hall–Kier alpha value is -2.49. The summed E-state index contributed by atoms with van der Waals surface area (Å²) in [5.74, 6) is -0.222. The van der Waals surface area contributed by atoms with Gasteiger partial charge in [-0.05, 0) is 38.0 Å². The maximum Gasteiger partial charge on any atom is 0.273 e. The highest BCUT2D eigenvalue weighted by molar-refractivity contribution is 6.06. The molecule has 0 radical (unpaired) electrons. The number of hydrazone groups is 1. The number of carbonyl (C=O) groups excluding carboxylic acids is 1. The van der Waals surface area contributed by atoms with E-state index in [1.54, 1.807) is 12.3 Å². The van der Waals surface area contributed by atoms with Gasteiger partial charge in [-0.2, -0.15) is 5.10 Å². The van der Waals surface area contributed by atoms with E-state index in [4.69, 9.17) is 0 Å². The predicted molar refractivity (Wildman–Crippen MR) is 79.6 cm³/mol. The van der Waals surface area contributed by atoms with Crippen LogP contribution in [0.1, 0.15) is 30.1 Å². The maximum absolute atomic E-state index is 12.2. The van der Waals surface area contributed by atoms with Crippen LogP contribution in [0.2, 0.25) is 0 Å². The summed E-state index contributed by atoms with van der Waals surface area (Å²) in [6, 6.07) is 9.35. The number of fused-ring (bicyclic) bond motifs is 1. The molecule has 1 aromatic heterocycles. The molecular formula is C16H15N3O. The maximum atomic E-state index is 12.2. The first kappa shape index (κ1) is 12.5. The van der Waals surface area contributed by atoms with Crippen LogP contribution in [0.3, 0.4) is 0 Å². The number of hydrogen-bond donors (Lipinski definition) is 1. The van der Waals surface area contributed by atoms with Crippen LogP contribution in [-0.4, -0.2) is 16.6 Å². The zero-order chi connectivity index (χ0) is 13.9. The number of hydrogen-bond acceptors (Lipinski definition) is 3. The molecule has 0 bridgehead atoms. The lowest BCUT2D eigenvalue weighted by Crippen LogP contribution is -2.19. The van der Waals surface area contributed by atoms with E-state index in [2.05, 4.69) is 22.4 Å². The minimum Gasteiger partial charge on any atom is -0.267 e. The van der Waals surface area contributed by atoms with Crippen LogP contribution in [0, 0.1) is 0 Å². The van der Waals surface area contributed by atoms with Gasteiger partial charge in [0.25, 0.3) is 5.91 Å². The van der Waals surface area contributed by atoms with Crippen molar-refractivity contribution in [2.45, 2.75) is 19.8 Å². The highest BCUT2D eigenvalue weighted by Crippen LogP contribution is 2.16. The number of pyridine rings is 1. The highest BCUT2D eigenvalue weighted by Gasteiger charge is 2.11. The monoisotopic (exact) mass is 265 g/mol. The molecule has 4 heteroatoms. The average Bonchev–Trinajstić information content (AvgIpc) is 2.90. The molecule has 2 aromatic rings. The van der Waals surface area contributed by atoms with Gasteiger partial charge in [0, 0.05) is 11.6 Å². The third-order valence-electron chi connectivity index (χ3n) is 3.37. The van der Waals surface area contributed by atoms with Crippen molar-refractivity contribution in [1.29, 1.82) is 0 Å². The highest BCUT2D eigenvalue weighted by atomic mass is 16.2. The Morgan fingerprint density at radius 1 is 1.25 bits per heavy atom. The molecule has 0 atom stereocenters. The van der Waals surface area contributed by atoms with E-state index in [1.807, 2.05) is 30.3 Å². The molecular weight excluding hydrogens is 250 g/mol. The Labute approximate surface area is 117 Å². The van der Waals surface area contributed by atoms with Gasteiger partial charge in [0.15, 0.2) is 0 Å². The number of aromatic nitrogens is 1. The van der Waals surface area contributed by atoms with Gasteiger partial charge >= 0.3 is 0 Å². The Kier molecular flexibility index (Phi) is 3.29. The van der Waals surface area contributed by atoms with Crippen LogP contribution in [0.15, 0.2) is 53.3 Å². The van der Waals surface area contributed by atoms with E-state index < -0.39 is 0 Å². The first-order valence-electron chi connectivity index (χ1n) is 6.62. The van der Waals surface area contributed by atoms with Crippen LogP contribution >= 0.6 is 0 Å². The Morgan fingerprint density at radius 2 is 2.10 bits per heavy atom. The SMILES string of the molecule is CC1=C/C(=N\NC(=O)c2cccc3cccnc23)CC1. The molecule has 0 fully saturated rings. The number of amides is 1. The number of para-hydroxylation sites is 1. The Morgan fingerprint density at radius 3 is 2.90 bits per heavy atom. The summed E-state index contributed by atoms with van der Waals surface area (Å²) in [4.78, 5) is 16.5. The van der Waals surface area contributed by atoms with Gasteiger partial charge in [-0.15, -0.1) is 0 Å². The van der Waals surface area contributed by atoms with Gasteiger partial charge in [0.05, 0.1) is 16.8 Å². The summed E-state index contributed by atoms with van der Waals surface area (Å²) >= 11 is 0. The second kappa shape index (κ2) is 5.25. The number of nitrogens with zero attached hydrogens (tertiary/aromatic N) is 2. The van der Waals surface area contributed by atoms with Gasteiger partial charge in [0.2, 0.25) is 0 Å². The van der Waals surface area contributed by atoms with Crippen molar-refractivity contribution in [2.24, 2.45) is 5.10 Å². The van der Waals surface area contributed by atoms with Gasteiger partial charge < -0.3 is 0 Å². The van der Waals surface area contributed by atoms with Crippen molar-refractivity contribution in [1.82, 2.24) is 10.4 Å². The fourth-order valence-corrected chi connectivity index (χ4v) is 2.31. The third-order valence-corrected chi connectivity index (χ3v) is 3.37. The third kappa shape index (κ3) is 2.45. The molecule has 4 nitrogen and oxygen atoms in total. The molecule has 0 unspecified atom stereocenters. The molecule has 0 saturated heterocycles. The van der Waals surface area contributed by atoms with Crippen LogP contribution in [-0.2, 0) is 0 Å².